The summed E-state index contributed by atoms with van der Waals surface area (Å²) < 4.78 is 14.0. The zero-order chi connectivity index (χ0) is 25.1. The first-order valence-electron chi connectivity index (χ1n) is 11.3. The van der Waals surface area contributed by atoms with Gasteiger partial charge in [-0.05, 0) is 50.6 Å². The topological polar surface area (TPSA) is 90.1 Å². The average Bonchev–Trinajstić information content (AvgIpc) is 3.14. The summed E-state index contributed by atoms with van der Waals surface area (Å²) in [6.07, 6.45) is 2.44. The number of rotatable bonds is 7. The number of nitrogens with zero attached hydrogens (tertiary/aromatic N) is 2. The van der Waals surface area contributed by atoms with Crippen LogP contribution in [0.1, 0.15) is 44.4 Å². The van der Waals surface area contributed by atoms with Crippen molar-refractivity contribution in [1.82, 2.24) is 4.57 Å². The Labute approximate surface area is 214 Å². The molecule has 0 bridgehead atoms. The van der Waals surface area contributed by atoms with Crippen LogP contribution in [0.2, 0.25) is 0 Å². The van der Waals surface area contributed by atoms with Crippen molar-refractivity contribution in [3.8, 4) is 11.5 Å². The number of esters is 1. The van der Waals surface area contributed by atoms with Gasteiger partial charge in [0.25, 0.3) is 5.56 Å². The molecule has 0 spiro atoms. The summed E-state index contributed by atoms with van der Waals surface area (Å²) in [6, 6.07) is 11.6. The molecule has 0 radical (unpaired) electrons. The van der Waals surface area contributed by atoms with E-state index in [-0.39, 0.29) is 17.9 Å². The number of carbonyl (C=O) groups excluding carboxylic acids is 1. The van der Waals surface area contributed by atoms with E-state index in [0.29, 0.717) is 44.1 Å². The minimum Gasteiger partial charge on any atom is -0.507 e. The quantitative estimate of drug-likeness (QED) is 0.443. The number of halogens is 1. The molecule has 1 aromatic heterocycles. The summed E-state index contributed by atoms with van der Waals surface area (Å²) in [4.78, 5) is 31.9. The van der Waals surface area contributed by atoms with Gasteiger partial charge in [-0.1, -0.05) is 52.4 Å². The van der Waals surface area contributed by atoms with Crippen molar-refractivity contribution in [3.05, 3.63) is 89.0 Å². The van der Waals surface area contributed by atoms with Gasteiger partial charge in [0, 0.05) is 15.6 Å². The van der Waals surface area contributed by atoms with Crippen LogP contribution in [0.4, 0.5) is 0 Å². The number of phenolic OH excluding ortho intramolecular Hbond substituents is 1. The van der Waals surface area contributed by atoms with E-state index >= 15 is 0 Å². The summed E-state index contributed by atoms with van der Waals surface area (Å²) in [6.45, 7) is 6.19. The normalized spacial score (nSPS) is 15.5. The van der Waals surface area contributed by atoms with Crippen molar-refractivity contribution in [3.63, 3.8) is 0 Å². The molecule has 0 fully saturated rings. The van der Waals surface area contributed by atoms with Gasteiger partial charge in [0.1, 0.15) is 17.5 Å². The largest absolute Gasteiger partial charge is 0.507 e. The average molecular weight is 557 g/mol. The minimum atomic E-state index is -0.767. The highest BCUT2D eigenvalue weighted by molar-refractivity contribution is 9.10. The van der Waals surface area contributed by atoms with Gasteiger partial charge in [0.05, 0.1) is 29.0 Å². The second kappa shape index (κ2) is 10.6. The molecule has 7 nitrogen and oxygen atoms in total. The number of ether oxygens (including phenoxy) is 2. The number of allylic oxidation sites excluding steroid dienone is 1. The number of para-hydroxylation sites is 1. The molecule has 0 saturated heterocycles. The molecular formula is C26H25BrN2O5S. The zero-order valence-electron chi connectivity index (χ0n) is 19.6. The first-order chi connectivity index (χ1) is 16.8. The highest BCUT2D eigenvalue weighted by Crippen LogP contribution is 2.36. The minimum absolute atomic E-state index is 0.0530. The molecule has 1 aliphatic rings. The predicted molar refractivity (Wildman–Crippen MR) is 138 cm³/mol. The van der Waals surface area contributed by atoms with Crippen LogP contribution in [0.15, 0.2) is 68.0 Å². The molecule has 0 saturated carbocycles. The van der Waals surface area contributed by atoms with Crippen LogP contribution in [0.25, 0.3) is 6.08 Å². The van der Waals surface area contributed by atoms with Gasteiger partial charge in [-0.25, -0.2) is 9.79 Å². The highest BCUT2D eigenvalue weighted by Gasteiger charge is 2.35. The maximum atomic E-state index is 13.7. The summed E-state index contributed by atoms with van der Waals surface area (Å²) in [7, 11) is 0. The van der Waals surface area contributed by atoms with Gasteiger partial charge in [-0.3, -0.25) is 9.36 Å². The number of aromatic nitrogens is 1. The van der Waals surface area contributed by atoms with E-state index in [9.17, 15) is 14.7 Å². The number of hydrogen-bond donors (Lipinski definition) is 1. The lowest BCUT2D eigenvalue weighted by molar-refractivity contribution is -0.139. The Morgan fingerprint density at radius 1 is 1.26 bits per heavy atom. The Kier molecular flexibility index (Phi) is 7.57. The van der Waals surface area contributed by atoms with Gasteiger partial charge in [0.2, 0.25) is 0 Å². The number of hydrogen-bond acceptors (Lipinski definition) is 7. The van der Waals surface area contributed by atoms with E-state index in [2.05, 4.69) is 20.9 Å². The molecule has 9 heteroatoms. The first kappa shape index (κ1) is 24.9. The Morgan fingerprint density at radius 2 is 2.03 bits per heavy atom. The van der Waals surface area contributed by atoms with Crippen LogP contribution in [-0.2, 0) is 9.53 Å². The molecule has 1 aliphatic heterocycles. The molecule has 0 amide bonds. The third-order valence-electron chi connectivity index (χ3n) is 5.47. The summed E-state index contributed by atoms with van der Waals surface area (Å²) in [5.41, 5.74) is 1.63. The van der Waals surface area contributed by atoms with Gasteiger partial charge in [-0.15, -0.1) is 0 Å². The Bertz CT molecular complexity index is 1490. The second-order valence-corrected chi connectivity index (χ2v) is 9.82. The van der Waals surface area contributed by atoms with E-state index < -0.39 is 12.0 Å². The lowest BCUT2D eigenvalue weighted by Crippen LogP contribution is -2.40. The van der Waals surface area contributed by atoms with Crippen LogP contribution in [0.3, 0.4) is 0 Å². The molecule has 35 heavy (non-hydrogen) atoms. The van der Waals surface area contributed by atoms with Crippen LogP contribution in [0, 0.1) is 0 Å². The lowest BCUT2D eigenvalue weighted by Gasteiger charge is -2.26. The summed E-state index contributed by atoms with van der Waals surface area (Å²) >= 11 is 4.60. The van der Waals surface area contributed by atoms with E-state index in [4.69, 9.17) is 9.47 Å². The van der Waals surface area contributed by atoms with E-state index in [1.807, 2.05) is 31.2 Å². The van der Waals surface area contributed by atoms with E-state index in [0.717, 1.165) is 10.9 Å². The number of thiazole rings is 1. The van der Waals surface area contributed by atoms with E-state index in [1.165, 1.54) is 15.9 Å². The molecule has 2 aromatic carbocycles. The SMILES string of the molecule is CCCOc1ccccc1[C@H]1C(C(=O)OCC)=C(C)N=c2s/c(=C\c3cc(Br)ccc3O)c(=O)n21. The number of aromatic hydroxyl groups is 1. The molecule has 182 valence electrons. The third-order valence-corrected chi connectivity index (χ3v) is 6.94. The van der Waals surface area contributed by atoms with Gasteiger partial charge in [0.15, 0.2) is 4.80 Å². The molecule has 1 atom stereocenters. The second-order valence-electron chi connectivity index (χ2n) is 7.89. The summed E-state index contributed by atoms with van der Waals surface area (Å²) in [5.74, 6) is 0.121. The van der Waals surface area contributed by atoms with Crippen molar-refractivity contribution in [2.45, 2.75) is 33.2 Å². The molecule has 2 heterocycles. The molecular weight excluding hydrogens is 532 g/mol. The predicted octanol–water partition coefficient (Wildman–Crippen LogP) is 4.06. The van der Waals surface area contributed by atoms with E-state index in [1.54, 1.807) is 38.1 Å². The Morgan fingerprint density at radius 3 is 2.77 bits per heavy atom. The van der Waals surface area contributed by atoms with Crippen molar-refractivity contribution >= 4 is 39.3 Å². The van der Waals surface area contributed by atoms with Crippen molar-refractivity contribution in [2.75, 3.05) is 13.2 Å². The Balaban J connectivity index is 1.98. The third kappa shape index (κ3) is 4.97. The van der Waals surface area contributed by atoms with Crippen molar-refractivity contribution < 1.29 is 19.4 Å². The number of fused-ring (bicyclic) bond motifs is 1. The van der Waals surface area contributed by atoms with Crippen LogP contribution in [-0.4, -0.2) is 28.9 Å². The molecule has 0 aliphatic carbocycles. The lowest BCUT2D eigenvalue weighted by atomic mass is 9.95. The van der Waals surface area contributed by atoms with Crippen molar-refractivity contribution in [1.29, 1.82) is 0 Å². The smallest absolute Gasteiger partial charge is 0.338 e. The van der Waals surface area contributed by atoms with Crippen LogP contribution < -0.4 is 19.6 Å². The summed E-state index contributed by atoms with van der Waals surface area (Å²) in [5, 5.41) is 10.3. The maximum Gasteiger partial charge on any atom is 0.338 e. The maximum absolute atomic E-state index is 13.7. The van der Waals surface area contributed by atoms with Crippen LogP contribution >= 0.6 is 27.3 Å². The standard InChI is InChI=1S/C26H25BrN2O5S/c1-4-12-34-20-9-7-6-8-18(20)23-22(25(32)33-5-2)15(3)28-26-29(23)24(31)21(35-26)14-16-13-17(27)10-11-19(16)30/h6-11,13-14,23,30H,4-5,12H2,1-3H3/b21-14-/t23-/m0/s1. The van der Waals surface area contributed by atoms with Gasteiger partial charge in [-0.2, -0.15) is 0 Å². The van der Waals surface area contributed by atoms with Crippen molar-refractivity contribution in [2.24, 2.45) is 4.99 Å². The fourth-order valence-corrected chi connectivity index (χ4v) is 5.33. The number of phenols is 1. The molecule has 4 rings (SSSR count). The van der Waals surface area contributed by atoms with Crippen LogP contribution in [0.5, 0.6) is 11.5 Å². The van der Waals surface area contributed by atoms with Gasteiger partial charge < -0.3 is 14.6 Å². The monoisotopic (exact) mass is 556 g/mol. The number of benzene rings is 2. The Hall–Kier alpha value is -3.17. The molecule has 3 aromatic rings. The molecule has 0 unspecified atom stereocenters. The highest BCUT2D eigenvalue weighted by atomic mass is 79.9. The molecule has 1 N–H and O–H groups in total. The fraction of sp³-hybridized carbons (Fsp3) is 0.269. The van der Waals surface area contributed by atoms with Gasteiger partial charge >= 0.3 is 5.97 Å². The first-order valence-corrected chi connectivity index (χ1v) is 12.9. The number of carbonyl (C=O) groups is 1. The zero-order valence-corrected chi connectivity index (χ0v) is 22.0. The fourth-order valence-electron chi connectivity index (χ4n) is 3.92.